The molecule has 2 rings (SSSR count). The fraction of sp³-hybridized carbons (Fsp3) is 0.722. The second kappa shape index (κ2) is 7.05. The standard InChI is InChI=1S/C18H29N3O3/c1-7-8-9-24-14-10-13(18(14,4)5)21(6)17(23)15-16(22)20-12(3)11(2)19-15/h13-14H,7-10H2,1-6H3,(H,20,22). The van der Waals surface area contributed by atoms with E-state index in [0.29, 0.717) is 11.4 Å². The molecule has 1 aliphatic rings. The Kier molecular flexibility index (Phi) is 5.48. The number of hydrogen-bond donors (Lipinski definition) is 1. The molecule has 0 spiro atoms. The van der Waals surface area contributed by atoms with E-state index < -0.39 is 5.56 Å². The second-order valence-electron chi connectivity index (χ2n) is 7.33. The molecule has 1 saturated carbocycles. The molecule has 1 aromatic heterocycles. The predicted octanol–water partition coefficient (Wildman–Crippen LogP) is 2.44. The van der Waals surface area contributed by atoms with Crippen molar-refractivity contribution in [1.29, 1.82) is 0 Å². The van der Waals surface area contributed by atoms with Gasteiger partial charge in [-0.15, -0.1) is 0 Å². The smallest absolute Gasteiger partial charge is 0.279 e. The molecule has 6 nitrogen and oxygen atoms in total. The summed E-state index contributed by atoms with van der Waals surface area (Å²) in [7, 11) is 1.74. The predicted molar refractivity (Wildman–Crippen MR) is 93.3 cm³/mol. The minimum atomic E-state index is -0.428. The first-order valence-corrected chi connectivity index (χ1v) is 8.66. The van der Waals surface area contributed by atoms with Gasteiger partial charge in [0.05, 0.1) is 11.8 Å². The van der Waals surface area contributed by atoms with Crippen molar-refractivity contribution in [3.8, 4) is 0 Å². The monoisotopic (exact) mass is 335 g/mol. The molecule has 0 aliphatic heterocycles. The topological polar surface area (TPSA) is 75.3 Å². The maximum atomic E-state index is 12.7. The lowest BCUT2D eigenvalue weighted by Gasteiger charge is -2.54. The third-order valence-corrected chi connectivity index (χ3v) is 5.27. The number of nitrogens with zero attached hydrogens (tertiary/aromatic N) is 2. The van der Waals surface area contributed by atoms with Crippen molar-refractivity contribution < 1.29 is 9.53 Å². The molecule has 0 saturated heterocycles. The van der Waals surface area contributed by atoms with Crippen LogP contribution in [0.3, 0.4) is 0 Å². The molecule has 1 amide bonds. The van der Waals surface area contributed by atoms with Crippen LogP contribution in [0.5, 0.6) is 0 Å². The first kappa shape index (κ1) is 18.6. The van der Waals surface area contributed by atoms with Crippen LogP contribution in [0, 0.1) is 19.3 Å². The highest BCUT2D eigenvalue weighted by molar-refractivity contribution is 5.92. The summed E-state index contributed by atoms with van der Waals surface area (Å²) in [6, 6.07) is 0.0411. The molecule has 2 unspecified atom stereocenters. The number of hydrogen-bond acceptors (Lipinski definition) is 4. The van der Waals surface area contributed by atoms with Gasteiger partial charge in [0, 0.05) is 30.8 Å². The number of ether oxygens (including phenoxy) is 1. The number of unbranched alkanes of at least 4 members (excludes halogenated alkanes) is 1. The van der Waals surface area contributed by atoms with Gasteiger partial charge in [-0.05, 0) is 26.7 Å². The molecule has 1 N–H and O–H groups in total. The third kappa shape index (κ3) is 3.38. The lowest BCUT2D eigenvalue weighted by atomic mass is 9.63. The van der Waals surface area contributed by atoms with E-state index in [9.17, 15) is 9.59 Å². The summed E-state index contributed by atoms with van der Waals surface area (Å²) in [4.78, 5) is 33.3. The molecule has 0 radical (unpaired) electrons. The SMILES string of the molecule is CCCCOC1CC(N(C)C(=O)c2nc(C)c(C)[nH]c2=O)C1(C)C. The van der Waals surface area contributed by atoms with Crippen molar-refractivity contribution in [1.82, 2.24) is 14.9 Å². The highest BCUT2D eigenvalue weighted by atomic mass is 16.5. The maximum Gasteiger partial charge on any atom is 0.279 e. The van der Waals surface area contributed by atoms with Crippen molar-refractivity contribution >= 4 is 5.91 Å². The molecule has 0 aromatic carbocycles. The molecule has 1 aromatic rings. The number of aromatic nitrogens is 2. The molecule has 0 bridgehead atoms. The Hall–Kier alpha value is -1.69. The second-order valence-corrected chi connectivity index (χ2v) is 7.33. The van der Waals surface area contributed by atoms with Crippen LogP contribution >= 0.6 is 0 Å². The van der Waals surface area contributed by atoms with E-state index in [1.165, 1.54) is 0 Å². The van der Waals surface area contributed by atoms with Gasteiger partial charge in [0.2, 0.25) is 0 Å². The Morgan fingerprint density at radius 1 is 1.42 bits per heavy atom. The quantitative estimate of drug-likeness (QED) is 0.810. The van der Waals surface area contributed by atoms with Crippen molar-refractivity contribution in [3.63, 3.8) is 0 Å². The summed E-state index contributed by atoms with van der Waals surface area (Å²) < 4.78 is 5.94. The van der Waals surface area contributed by atoms with Gasteiger partial charge in [-0.1, -0.05) is 27.2 Å². The molecular formula is C18H29N3O3. The van der Waals surface area contributed by atoms with Crippen LogP contribution in [-0.2, 0) is 4.74 Å². The molecule has 134 valence electrons. The number of carbonyl (C=O) groups is 1. The van der Waals surface area contributed by atoms with E-state index in [1.807, 2.05) is 0 Å². The number of aromatic amines is 1. The van der Waals surface area contributed by atoms with E-state index in [4.69, 9.17) is 4.74 Å². The van der Waals surface area contributed by atoms with Gasteiger partial charge in [-0.3, -0.25) is 9.59 Å². The van der Waals surface area contributed by atoms with E-state index in [2.05, 4.69) is 30.7 Å². The van der Waals surface area contributed by atoms with Gasteiger partial charge in [-0.25, -0.2) is 4.98 Å². The fourth-order valence-electron chi connectivity index (χ4n) is 3.25. The van der Waals surface area contributed by atoms with Gasteiger partial charge < -0.3 is 14.6 Å². The summed E-state index contributed by atoms with van der Waals surface area (Å²) >= 11 is 0. The van der Waals surface area contributed by atoms with Crippen molar-refractivity contribution in [2.24, 2.45) is 5.41 Å². The van der Waals surface area contributed by atoms with Crippen molar-refractivity contribution in [3.05, 3.63) is 27.4 Å². The number of H-pyrrole nitrogens is 1. The summed E-state index contributed by atoms with van der Waals surface area (Å²) in [6.07, 6.45) is 3.10. The van der Waals surface area contributed by atoms with Gasteiger partial charge in [0.15, 0.2) is 5.69 Å². The molecule has 24 heavy (non-hydrogen) atoms. The largest absolute Gasteiger partial charge is 0.378 e. The van der Waals surface area contributed by atoms with Crippen LogP contribution in [-0.4, -0.2) is 46.6 Å². The van der Waals surface area contributed by atoms with Crippen LogP contribution in [0.25, 0.3) is 0 Å². The minimum absolute atomic E-state index is 0.0354. The third-order valence-electron chi connectivity index (χ3n) is 5.27. The average Bonchev–Trinajstić information content (AvgIpc) is 2.52. The Labute approximate surface area is 143 Å². The summed E-state index contributed by atoms with van der Waals surface area (Å²) in [5.74, 6) is -0.329. The lowest BCUT2D eigenvalue weighted by Crippen LogP contribution is -2.62. The first-order valence-electron chi connectivity index (χ1n) is 8.66. The zero-order chi connectivity index (χ0) is 18.1. The highest BCUT2D eigenvalue weighted by Gasteiger charge is 2.52. The number of carbonyl (C=O) groups excluding carboxylic acids is 1. The Bertz CT molecular complexity index is 666. The Morgan fingerprint density at radius 3 is 2.67 bits per heavy atom. The fourth-order valence-corrected chi connectivity index (χ4v) is 3.25. The Balaban J connectivity index is 2.10. The van der Waals surface area contributed by atoms with Crippen LogP contribution in [0.4, 0.5) is 0 Å². The molecule has 2 atom stereocenters. The lowest BCUT2D eigenvalue weighted by molar-refractivity contribution is -0.140. The molecule has 1 aliphatic carbocycles. The van der Waals surface area contributed by atoms with Crippen molar-refractivity contribution in [2.75, 3.05) is 13.7 Å². The van der Waals surface area contributed by atoms with E-state index in [0.717, 1.165) is 25.9 Å². The van der Waals surface area contributed by atoms with E-state index in [-0.39, 0.29) is 29.2 Å². The number of rotatable bonds is 6. The van der Waals surface area contributed by atoms with Gasteiger partial charge in [0.25, 0.3) is 11.5 Å². The normalized spacial score (nSPS) is 22.1. The highest BCUT2D eigenvalue weighted by Crippen LogP contribution is 2.45. The first-order chi connectivity index (χ1) is 11.2. The van der Waals surface area contributed by atoms with Crippen LogP contribution in [0.1, 0.15) is 61.9 Å². The molecular weight excluding hydrogens is 306 g/mol. The molecule has 1 heterocycles. The van der Waals surface area contributed by atoms with Gasteiger partial charge in [0.1, 0.15) is 0 Å². The van der Waals surface area contributed by atoms with Crippen molar-refractivity contribution in [2.45, 2.75) is 66.0 Å². The molecule has 6 heteroatoms. The summed E-state index contributed by atoms with van der Waals surface area (Å²) in [6.45, 7) is 10.7. The maximum absolute atomic E-state index is 12.7. The van der Waals surface area contributed by atoms with Crippen LogP contribution < -0.4 is 5.56 Å². The van der Waals surface area contributed by atoms with E-state index >= 15 is 0 Å². The van der Waals surface area contributed by atoms with Gasteiger partial charge in [-0.2, -0.15) is 0 Å². The summed E-state index contributed by atoms with van der Waals surface area (Å²) in [5.41, 5.74) is 0.757. The van der Waals surface area contributed by atoms with Crippen LogP contribution in [0.2, 0.25) is 0 Å². The minimum Gasteiger partial charge on any atom is -0.378 e. The van der Waals surface area contributed by atoms with E-state index in [1.54, 1.807) is 25.8 Å². The number of amides is 1. The zero-order valence-electron chi connectivity index (χ0n) is 15.6. The zero-order valence-corrected chi connectivity index (χ0v) is 15.6. The molecule has 1 fully saturated rings. The number of aryl methyl sites for hydroxylation is 2. The van der Waals surface area contributed by atoms with Gasteiger partial charge >= 0.3 is 0 Å². The number of nitrogens with one attached hydrogen (secondary N) is 1. The summed E-state index contributed by atoms with van der Waals surface area (Å²) in [5, 5.41) is 0. The Morgan fingerprint density at radius 2 is 2.08 bits per heavy atom. The van der Waals surface area contributed by atoms with Crippen LogP contribution in [0.15, 0.2) is 4.79 Å². The average molecular weight is 335 g/mol.